The van der Waals surface area contributed by atoms with Gasteiger partial charge in [-0.05, 0) is 43.7 Å². The van der Waals surface area contributed by atoms with Gasteiger partial charge in [-0.25, -0.2) is 0 Å². The summed E-state index contributed by atoms with van der Waals surface area (Å²) in [4.78, 5) is 2.64. The first kappa shape index (κ1) is 11.5. The minimum Gasteiger partial charge on any atom is -0.296 e. The molecular formula is C13H22ClN. The molecule has 2 heteroatoms. The van der Waals surface area contributed by atoms with Crippen LogP contribution in [0.2, 0.25) is 0 Å². The lowest BCUT2D eigenvalue weighted by atomic mass is 9.78. The Morgan fingerprint density at radius 3 is 2.73 bits per heavy atom. The van der Waals surface area contributed by atoms with E-state index < -0.39 is 0 Å². The largest absolute Gasteiger partial charge is 0.296 e. The van der Waals surface area contributed by atoms with Crippen molar-refractivity contribution in [1.82, 2.24) is 4.90 Å². The second kappa shape index (κ2) is 5.36. The van der Waals surface area contributed by atoms with Gasteiger partial charge in [0.2, 0.25) is 0 Å². The van der Waals surface area contributed by atoms with Crippen molar-refractivity contribution in [3.05, 3.63) is 12.2 Å². The van der Waals surface area contributed by atoms with Crippen LogP contribution in [0.25, 0.3) is 0 Å². The first-order valence-corrected chi connectivity index (χ1v) is 6.81. The van der Waals surface area contributed by atoms with E-state index in [4.69, 9.17) is 11.6 Å². The summed E-state index contributed by atoms with van der Waals surface area (Å²) < 4.78 is 0. The predicted octanol–water partition coefficient (Wildman–Crippen LogP) is 3.44. The Morgan fingerprint density at radius 2 is 1.93 bits per heavy atom. The van der Waals surface area contributed by atoms with Gasteiger partial charge in [0.05, 0.1) is 0 Å². The lowest BCUT2D eigenvalue weighted by Crippen LogP contribution is -2.47. The van der Waals surface area contributed by atoms with E-state index in [1.54, 1.807) is 0 Å². The number of piperidine rings is 1. The minimum absolute atomic E-state index is 0.619. The van der Waals surface area contributed by atoms with Crippen LogP contribution in [-0.4, -0.2) is 29.9 Å². The molecule has 0 radical (unpaired) electrons. The highest BCUT2D eigenvalue weighted by Crippen LogP contribution is 2.35. The molecule has 2 fully saturated rings. The molecule has 0 amide bonds. The molecule has 1 aliphatic carbocycles. The fourth-order valence-corrected chi connectivity index (χ4v) is 3.34. The van der Waals surface area contributed by atoms with Crippen LogP contribution in [0.5, 0.6) is 0 Å². The Balaban J connectivity index is 1.94. The Kier molecular flexibility index (Phi) is 4.10. The summed E-state index contributed by atoms with van der Waals surface area (Å²) in [7, 11) is 0. The van der Waals surface area contributed by atoms with Crippen LogP contribution in [0.3, 0.4) is 0 Å². The molecule has 1 aliphatic heterocycles. The van der Waals surface area contributed by atoms with Crippen molar-refractivity contribution in [3.63, 3.8) is 0 Å². The molecule has 1 heterocycles. The molecule has 0 spiro atoms. The fraction of sp³-hybridized carbons (Fsp3) is 0.846. The highest BCUT2D eigenvalue weighted by Gasteiger charge is 2.32. The average Bonchev–Trinajstić information content (AvgIpc) is 2.29. The minimum atomic E-state index is 0.619. The second-order valence-electron chi connectivity index (χ2n) is 5.11. The standard InChI is InChI=1S/C13H22ClN/c1-11(9-14)10-15-8-4-6-12-5-2-3-7-13(12)15/h12-13H,1-10H2. The van der Waals surface area contributed by atoms with Crippen LogP contribution in [0.4, 0.5) is 0 Å². The molecule has 86 valence electrons. The maximum atomic E-state index is 5.82. The van der Waals surface area contributed by atoms with Crippen molar-refractivity contribution < 1.29 is 0 Å². The van der Waals surface area contributed by atoms with Crippen molar-refractivity contribution in [3.8, 4) is 0 Å². The number of likely N-dealkylation sites (tertiary alicyclic amines) is 1. The van der Waals surface area contributed by atoms with Crippen molar-refractivity contribution in [2.75, 3.05) is 19.0 Å². The average molecular weight is 228 g/mol. The third kappa shape index (κ3) is 2.76. The number of hydrogen-bond donors (Lipinski definition) is 0. The van der Waals surface area contributed by atoms with Gasteiger partial charge in [0.15, 0.2) is 0 Å². The molecule has 0 aromatic rings. The highest BCUT2D eigenvalue weighted by molar-refractivity contribution is 6.19. The van der Waals surface area contributed by atoms with Gasteiger partial charge in [0, 0.05) is 18.5 Å². The number of rotatable bonds is 3. The molecule has 0 N–H and O–H groups in total. The summed E-state index contributed by atoms with van der Waals surface area (Å²) in [6, 6.07) is 0.840. The van der Waals surface area contributed by atoms with Gasteiger partial charge in [-0.15, -0.1) is 11.6 Å². The molecule has 2 unspecified atom stereocenters. The zero-order valence-corrected chi connectivity index (χ0v) is 10.3. The van der Waals surface area contributed by atoms with Gasteiger partial charge in [0.1, 0.15) is 0 Å². The molecular weight excluding hydrogens is 206 g/mol. The zero-order valence-electron chi connectivity index (χ0n) is 9.55. The summed E-state index contributed by atoms with van der Waals surface area (Å²) in [6.07, 6.45) is 8.55. The zero-order chi connectivity index (χ0) is 10.7. The normalized spacial score (nSPS) is 32.3. The topological polar surface area (TPSA) is 3.24 Å². The molecule has 1 saturated heterocycles. The van der Waals surface area contributed by atoms with Crippen molar-refractivity contribution >= 4 is 11.6 Å². The number of fused-ring (bicyclic) bond motifs is 1. The van der Waals surface area contributed by atoms with Crippen LogP contribution < -0.4 is 0 Å². The molecule has 2 aliphatic rings. The van der Waals surface area contributed by atoms with E-state index in [-0.39, 0.29) is 0 Å². The number of alkyl halides is 1. The number of hydrogen-bond acceptors (Lipinski definition) is 1. The Bertz CT molecular complexity index is 225. The Hall–Kier alpha value is -0.0100. The highest BCUT2D eigenvalue weighted by atomic mass is 35.5. The lowest BCUT2D eigenvalue weighted by molar-refractivity contribution is 0.0692. The Labute approximate surface area is 98.5 Å². The van der Waals surface area contributed by atoms with Crippen LogP contribution in [-0.2, 0) is 0 Å². The molecule has 15 heavy (non-hydrogen) atoms. The smallest absolute Gasteiger partial charge is 0.0443 e. The fourth-order valence-electron chi connectivity index (χ4n) is 3.25. The Morgan fingerprint density at radius 1 is 1.20 bits per heavy atom. The maximum Gasteiger partial charge on any atom is 0.0443 e. The lowest BCUT2D eigenvalue weighted by Gasteiger charge is -2.44. The molecule has 2 atom stereocenters. The van der Waals surface area contributed by atoms with E-state index in [0.717, 1.165) is 18.5 Å². The van der Waals surface area contributed by atoms with Gasteiger partial charge < -0.3 is 0 Å². The van der Waals surface area contributed by atoms with Crippen molar-refractivity contribution in [2.45, 2.75) is 44.6 Å². The summed E-state index contributed by atoms with van der Waals surface area (Å²) in [5, 5.41) is 0. The first-order chi connectivity index (χ1) is 7.31. The summed E-state index contributed by atoms with van der Waals surface area (Å²) in [5.74, 6) is 1.59. The molecule has 0 aromatic heterocycles. The van der Waals surface area contributed by atoms with E-state index in [0.29, 0.717) is 5.88 Å². The third-order valence-electron chi connectivity index (χ3n) is 3.97. The van der Waals surface area contributed by atoms with Gasteiger partial charge in [-0.1, -0.05) is 19.4 Å². The van der Waals surface area contributed by atoms with E-state index in [1.165, 1.54) is 50.6 Å². The van der Waals surface area contributed by atoms with Gasteiger partial charge >= 0.3 is 0 Å². The summed E-state index contributed by atoms with van der Waals surface area (Å²) in [6.45, 7) is 6.32. The third-order valence-corrected chi connectivity index (χ3v) is 4.35. The monoisotopic (exact) mass is 227 g/mol. The van der Waals surface area contributed by atoms with Crippen LogP contribution in [0, 0.1) is 5.92 Å². The van der Waals surface area contributed by atoms with Crippen molar-refractivity contribution in [1.29, 1.82) is 0 Å². The van der Waals surface area contributed by atoms with E-state index in [9.17, 15) is 0 Å². The molecule has 0 aromatic carbocycles. The van der Waals surface area contributed by atoms with E-state index in [1.807, 2.05) is 0 Å². The molecule has 1 saturated carbocycles. The number of halogens is 1. The van der Waals surface area contributed by atoms with Gasteiger partial charge in [-0.2, -0.15) is 0 Å². The van der Waals surface area contributed by atoms with Gasteiger partial charge in [-0.3, -0.25) is 4.90 Å². The second-order valence-corrected chi connectivity index (χ2v) is 5.38. The van der Waals surface area contributed by atoms with Crippen LogP contribution >= 0.6 is 11.6 Å². The first-order valence-electron chi connectivity index (χ1n) is 6.28. The van der Waals surface area contributed by atoms with Gasteiger partial charge in [0.25, 0.3) is 0 Å². The summed E-state index contributed by atoms with van der Waals surface area (Å²) in [5.41, 5.74) is 1.18. The van der Waals surface area contributed by atoms with Crippen LogP contribution in [0.1, 0.15) is 38.5 Å². The quantitative estimate of drug-likeness (QED) is 0.528. The molecule has 0 bridgehead atoms. The van der Waals surface area contributed by atoms with E-state index >= 15 is 0 Å². The van der Waals surface area contributed by atoms with Crippen LogP contribution in [0.15, 0.2) is 12.2 Å². The molecule has 2 rings (SSSR count). The SMILES string of the molecule is C=C(CCl)CN1CCCC2CCCCC21. The number of nitrogens with zero attached hydrogens (tertiary/aromatic N) is 1. The van der Waals surface area contributed by atoms with Crippen molar-refractivity contribution in [2.24, 2.45) is 5.92 Å². The summed E-state index contributed by atoms with van der Waals surface area (Å²) >= 11 is 5.82. The van der Waals surface area contributed by atoms with E-state index in [2.05, 4.69) is 11.5 Å². The maximum absolute atomic E-state index is 5.82. The predicted molar refractivity (Wildman–Crippen MR) is 66.4 cm³/mol. The molecule has 1 nitrogen and oxygen atoms in total.